The van der Waals surface area contributed by atoms with Crippen molar-refractivity contribution in [1.29, 1.82) is 0 Å². The summed E-state index contributed by atoms with van der Waals surface area (Å²) in [4.78, 5) is 27.8. The van der Waals surface area contributed by atoms with Gasteiger partial charge in [-0.25, -0.2) is 0 Å². The third-order valence-corrected chi connectivity index (χ3v) is 3.68. The van der Waals surface area contributed by atoms with Crippen molar-refractivity contribution >= 4 is 11.7 Å². The third-order valence-electron chi connectivity index (χ3n) is 3.68. The van der Waals surface area contributed by atoms with Crippen LogP contribution in [-0.4, -0.2) is 68.7 Å². The summed E-state index contributed by atoms with van der Waals surface area (Å²) >= 11 is 0. The quantitative estimate of drug-likeness (QED) is 0.584. The zero-order valence-corrected chi connectivity index (χ0v) is 14.0. The molecule has 1 aromatic carbocycles. The van der Waals surface area contributed by atoms with Crippen LogP contribution in [0.4, 0.5) is 0 Å². The molecule has 0 spiro atoms. The Labute approximate surface area is 136 Å². The van der Waals surface area contributed by atoms with Crippen molar-refractivity contribution in [1.82, 2.24) is 15.1 Å². The van der Waals surface area contributed by atoms with Crippen molar-refractivity contribution in [3.05, 3.63) is 23.8 Å². The van der Waals surface area contributed by atoms with Crippen molar-refractivity contribution in [2.75, 3.05) is 41.1 Å². The maximum Gasteiger partial charge on any atom is 0.235 e. The number of nitrogens with one attached hydrogen (secondary N) is 1. The van der Waals surface area contributed by atoms with E-state index in [0.29, 0.717) is 30.3 Å². The standard InChI is InChI=1S/C16H23N3O4/c1-11(19(4)9-17-15(20)8-18(2)3)16(21)12-5-6-13-14(7-12)23-10-22-13/h5-7,11H,8-10H2,1-4H3,(H,17,20). The number of amides is 1. The van der Waals surface area contributed by atoms with E-state index >= 15 is 0 Å². The van der Waals surface area contributed by atoms with Gasteiger partial charge in [0.1, 0.15) is 0 Å². The van der Waals surface area contributed by atoms with Crippen molar-refractivity contribution in [3.8, 4) is 11.5 Å². The molecule has 1 aliphatic rings. The Morgan fingerprint density at radius 3 is 2.61 bits per heavy atom. The first-order chi connectivity index (χ1) is 10.9. The van der Waals surface area contributed by atoms with E-state index in [2.05, 4.69) is 5.32 Å². The largest absolute Gasteiger partial charge is 0.454 e. The fourth-order valence-corrected chi connectivity index (χ4v) is 2.18. The normalized spacial score (nSPS) is 14.2. The summed E-state index contributed by atoms with van der Waals surface area (Å²) in [5.41, 5.74) is 0.563. The average Bonchev–Trinajstić information content (AvgIpc) is 2.97. The maximum absolute atomic E-state index is 12.5. The molecule has 1 heterocycles. The molecule has 2 rings (SSSR count). The topological polar surface area (TPSA) is 71.1 Å². The van der Waals surface area contributed by atoms with E-state index in [1.165, 1.54) is 0 Å². The maximum atomic E-state index is 12.5. The van der Waals surface area contributed by atoms with Crippen LogP contribution in [0.15, 0.2) is 18.2 Å². The molecule has 1 atom stereocenters. The molecule has 1 aliphatic heterocycles. The van der Waals surface area contributed by atoms with E-state index in [4.69, 9.17) is 9.47 Å². The first-order valence-corrected chi connectivity index (χ1v) is 7.44. The van der Waals surface area contributed by atoms with Gasteiger partial charge in [-0.15, -0.1) is 0 Å². The number of carbonyl (C=O) groups is 2. The van der Waals surface area contributed by atoms with Gasteiger partial charge in [-0.2, -0.15) is 0 Å². The minimum Gasteiger partial charge on any atom is -0.454 e. The number of nitrogens with zero attached hydrogens (tertiary/aromatic N) is 2. The molecular formula is C16H23N3O4. The van der Waals surface area contributed by atoms with Crippen LogP contribution in [0, 0.1) is 0 Å². The molecule has 0 saturated carbocycles. The molecule has 1 unspecified atom stereocenters. The molecule has 126 valence electrons. The summed E-state index contributed by atoms with van der Waals surface area (Å²) in [6.07, 6.45) is 0. The molecule has 1 N–H and O–H groups in total. The van der Waals surface area contributed by atoms with Gasteiger partial charge >= 0.3 is 0 Å². The molecule has 1 aromatic rings. The second kappa shape index (κ2) is 7.43. The lowest BCUT2D eigenvalue weighted by atomic mass is 10.0. The highest BCUT2D eigenvalue weighted by Gasteiger charge is 2.22. The van der Waals surface area contributed by atoms with Crippen LogP contribution in [-0.2, 0) is 4.79 Å². The second-order valence-corrected chi connectivity index (χ2v) is 5.86. The summed E-state index contributed by atoms with van der Waals surface area (Å²) in [6.45, 7) is 2.62. The number of carbonyl (C=O) groups excluding carboxylic acids is 2. The van der Waals surface area contributed by atoms with Gasteiger partial charge in [0, 0.05) is 5.56 Å². The highest BCUT2D eigenvalue weighted by molar-refractivity contribution is 6.00. The number of likely N-dealkylation sites (N-methyl/N-ethyl adjacent to an activating group) is 2. The van der Waals surface area contributed by atoms with E-state index in [1.807, 2.05) is 21.0 Å². The zero-order chi connectivity index (χ0) is 17.0. The Hall–Kier alpha value is -2.12. The fraction of sp³-hybridized carbons (Fsp3) is 0.500. The number of hydrogen-bond donors (Lipinski definition) is 1. The third kappa shape index (κ3) is 4.43. The molecule has 1 amide bonds. The minimum absolute atomic E-state index is 0.0346. The van der Waals surface area contributed by atoms with E-state index in [1.54, 1.807) is 35.0 Å². The van der Waals surface area contributed by atoms with Crippen LogP contribution in [0.2, 0.25) is 0 Å². The van der Waals surface area contributed by atoms with Gasteiger partial charge in [0.05, 0.1) is 19.3 Å². The second-order valence-electron chi connectivity index (χ2n) is 5.86. The summed E-state index contributed by atoms with van der Waals surface area (Å²) in [7, 11) is 5.45. The summed E-state index contributed by atoms with van der Waals surface area (Å²) < 4.78 is 10.5. The average molecular weight is 321 g/mol. The smallest absolute Gasteiger partial charge is 0.235 e. The fourth-order valence-electron chi connectivity index (χ4n) is 2.18. The number of hydrogen-bond acceptors (Lipinski definition) is 6. The monoisotopic (exact) mass is 321 g/mol. The van der Waals surface area contributed by atoms with Crippen LogP contribution in [0.5, 0.6) is 11.5 Å². The number of rotatable bonds is 7. The van der Waals surface area contributed by atoms with Crippen molar-refractivity contribution < 1.29 is 19.1 Å². The highest BCUT2D eigenvalue weighted by Crippen LogP contribution is 2.32. The van der Waals surface area contributed by atoms with Gasteiger partial charge in [0.15, 0.2) is 17.3 Å². The molecule has 0 aliphatic carbocycles. The Morgan fingerprint density at radius 1 is 1.22 bits per heavy atom. The molecule has 0 aromatic heterocycles. The molecule has 23 heavy (non-hydrogen) atoms. The molecule has 0 fully saturated rings. The van der Waals surface area contributed by atoms with Crippen LogP contribution in [0.1, 0.15) is 17.3 Å². The zero-order valence-electron chi connectivity index (χ0n) is 14.0. The first-order valence-electron chi connectivity index (χ1n) is 7.44. The van der Waals surface area contributed by atoms with Gasteiger partial charge in [0.2, 0.25) is 12.7 Å². The lowest BCUT2D eigenvalue weighted by Crippen LogP contribution is -2.45. The van der Waals surface area contributed by atoms with Gasteiger partial charge in [0.25, 0.3) is 0 Å². The summed E-state index contributed by atoms with van der Waals surface area (Å²) in [5, 5.41) is 2.79. The number of benzene rings is 1. The summed E-state index contributed by atoms with van der Waals surface area (Å²) in [6, 6.07) is 4.79. The Balaban J connectivity index is 1.92. The Morgan fingerprint density at radius 2 is 1.91 bits per heavy atom. The van der Waals surface area contributed by atoms with E-state index in [-0.39, 0.29) is 24.5 Å². The van der Waals surface area contributed by atoms with Crippen molar-refractivity contribution in [2.24, 2.45) is 0 Å². The van der Waals surface area contributed by atoms with Gasteiger partial charge in [-0.05, 0) is 46.3 Å². The van der Waals surface area contributed by atoms with Crippen LogP contribution in [0.3, 0.4) is 0 Å². The lowest BCUT2D eigenvalue weighted by molar-refractivity contribution is -0.122. The predicted octanol–water partition coefficient (Wildman–Crippen LogP) is 0.554. The SMILES string of the molecule is CC(C(=O)c1ccc2c(c1)OCO2)N(C)CNC(=O)CN(C)C. The van der Waals surface area contributed by atoms with E-state index in [9.17, 15) is 9.59 Å². The number of ether oxygens (including phenoxy) is 2. The van der Waals surface area contributed by atoms with Crippen LogP contribution >= 0.6 is 0 Å². The highest BCUT2D eigenvalue weighted by atomic mass is 16.7. The molecule has 0 radical (unpaired) electrons. The molecular weight excluding hydrogens is 298 g/mol. The van der Waals surface area contributed by atoms with Crippen LogP contribution in [0.25, 0.3) is 0 Å². The number of fused-ring (bicyclic) bond motifs is 1. The van der Waals surface area contributed by atoms with E-state index < -0.39 is 0 Å². The van der Waals surface area contributed by atoms with Gasteiger partial charge in [-0.1, -0.05) is 0 Å². The Kier molecular flexibility index (Phi) is 5.57. The van der Waals surface area contributed by atoms with E-state index in [0.717, 1.165) is 0 Å². The summed E-state index contributed by atoms with van der Waals surface area (Å²) in [5.74, 6) is 1.13. The number of Topliss-reactive ketones (excluding diaryl/α,β-unsaturated/α-hetero) is 1. The molecule has 7 heteroatoms. The number of ketones is 1. The minimum atomic E-state index is -0.366. The molecule has 0 saturated heterocycles. The van der Waals surface area contributed by atoms with Crippen LogP contribution < -0.4 is 14.8 Å². The molecule has 7 nitrogen and oxygen atoms in total. The van der Waals surface area contributed by atoms with Crippen molar-refractivity contribution in [2.45, 2.75) is 13.0 Å². The van der Waals surface area contributed by atoms with Gasteiger partial charge < -0.3 is 19.7 Å². The first kappa shape index (κ1) is 17.2. The van der Waals surface area contributed by atoms with Gasteiger partial charge in [-0.3, -0.25) is 14.5 Å². The van der Waals surface area contributed by atoms with Crippen molar-refractivity contribution in [3.63, 3.8) is 0 Å². The lowest BCUT2D eigenvalue weighted by Gasteiger charge is -2.24. The molecule has 0 bridgehead atoms. The predicted molar refractivity (Wildman–Crippen MR) is 85.7 cm³/mol. The Bertz CT molecular complexity index is 589.